The van der Waals surface area contributed by atoms with Crippen molar-refractivity contribution in [3.8, 4) is 0 Å². The predicted octanol–water partition coefficient (Wildman–Crippen LogP) is 1.81. The maximum atomic E-state index is 12.0. The smallest absolute Gasteiger partial charge is 0.323 e. The number of hydrogen-bond donors (Lipinski definition) is 2. The first-order valence-electron chi connectivity index (χ1n) is 6.29. The van der Waals surface area contributed by atoms with Crippen molar-refractivity contribution in [2.24, 2.45) is 0 Å². The Balaban J connectivity index is 2.59. The first-order chi connectivity index (χ1) is 8.67. The Kier molecular flexibility index (Phi) is 5.90. The lowest BCUT2D eigenvalue weighted by atomic mass is 10.3. The third kappa shape index (κ3) is 4.57. The van der Waals surface area contributed by atoms with Crippen LogP contribution in [0, 0.1) is 0 Å². The molecule has 0 radical (unpaired) electrons. The van der Waals surface area contributed by atoms with Gasteiger partial charge in [-0.15, -0.1) is 0 Å². The van der Waals surface area contributed by atoms with Crippen LogP contribution in [-0.2, 0) is 0 Å². The van der Waals surface area contributed by atoms with Gasteiger partial charge in [-0.3, -0.25) is 10.1 Å². The summed E-state index contributed by atoms with van der Waals surface area (Å²) in [5, 5.41) is 8.69. The molecule has 0 aliphatic rings. The molecule has 18 heavy (non-hydrogen) atoms. The van der Waals surface area contributed by atoms with E-state index in [1.807, 2.05) is 6.92 Å². The van der Waals surface area contributed by atoms with E-state index < -0.39 is 0 Å². The Bertz CT molecular complexity index is 410. The second-order valence-corrected chi connectivity index (χ2v) is 4.08. The molecule has 0 fully saturated rings. The summed E-state index contributed by atoms with van der Waals surface area (Å²) in [5.74, 6) is 0.359. The van der Waals surface area contributed by atoms with Crippen molar-refractivity contribution in [3.05, 3.63) is 22.5 Å². The van der Waals surface area contributed by atoms with Gasteiger partial charge in [-0.1, -0.05) is 20.3 Å². The molecule has 0 aliphatic heterocycles. The molecule has 0 aromatic carbocycles. The highest BCUT2D eigenvalue weighted by Crippen LogP contribution is 2.03. The number of unbranched alkanes of at least 4 members (excludes halogenated alkanes) is 1. The Morgan fingerprint density at radius 1 is 1.33 bits per heavy atom. The van der Waals surface area contributed by atoms with Crippen molar-refractivity contribution in [2.75, 3.05) is 18.4 Å². The molecule has 1 aromatic rings. The number of aromatic nitrogens is 2. The van der Waals surface area contributed by atoms with Crippen LogP contribution in [0.25, 0.3) is 0 Å². The molecular formula is C12H20N4O2. The molecule has 0 saturated carbocycles. The van der Waals surface area contributed by atoms with Gasteiger partial charge in [0.2, 0.25) is 0 Å². The average molecular weight is 252 g/mol. The Morgan fingerprint density at radius 2 is 2.11 bits per heavy atom. The number of nitrogens with zero attached hydrogens (tertiary/aromatic N) is 2. The fourth-order valence-electron chi connectivity index (χ4n) is 1.54. The zero-order valence-corrected chi connectivity index (χ0v) is 10.9. The average Bonchev–Trinajstić information content (AvgIpc) is 2.37. The number of H-pyrrole nitrogens is 1. The van der Waals surface area contributed by atoms with Crippen LogP contribution in [0.15, 0.2) is 16.9 Å². The molecule has 0 unspecified atom stereocenters. The van der Waals surface area contributed by atoms with Crippen molar-refractivity contribution in [1.29, 1.82) is 0 Å². The van der Waals surface area contributed by atoms with Crippen LogP contribution in [0.3, 0.4) is 0 Å². The van der Waals surface area contributed by atoms with Crippen LogP contribution < -0.4 is 10.9 Å². The van der Waals surface area contributed by atoms with Crippen molar-refractivity contribution >= 4 is 11.8 Å². The van der Waals surface area contributed by atoms with E-state index in [0.717, 1.165) is 32.4 Å². The molecule has 0 saturated heterocycles. The molecule has 0 atom stereocenters. The van der Waals surface area contributed by atoms with Gasteiger partial charge in [-0.25, -0.2) is 9.89 Å². The zero-order valence-electron chi connectivity index (χ0n) is 10.9. The van der Waals surface area contributed by atoms with Crippen molar-refractivity contribution in [1.82, 2.24) is 15.1 Å². The van der Waals surface area contributed by atoms with E-state index >= 15 is 0 Å². The molecule has 100 valence electrons. The summed E-state index contributed by atoms with van der Waals surface area (Å²) < 4.78 is 0. The highest BCUT2D eigenvalue weighted by molar-refractivity contribution is 5.88. The maximum absolute atomic E-state index is 12.0. The highest BCUT2D eigenvalue weighted by Gasteiger charge is 2.12. The molecule has 1 heterocycles. The second kappa shape index (κ2) is 7.47. The number of hydrogen-bond acceptors (Lipinski definition) is 3. The van der Waals surface area contributed by atoms with Gasteiger partial charge in [0.25, 0.3) is 5.56 Å². The number of anilines is 1. The van der Waals surface area contributed by atoms with Gasteiger partial charge in [0.1, 0.15) is 0 Å². The number of carbonyl (C=O) groups excluding carboxylic acids is 1. The van der Waals surface area contributed by atoms with Crippen LogP contribution in [-0.4, -0.2) is 34.2 Å². The van der Waals surface area contributed by atoms with Crippen molar-refractivity contribution < 1.29 is 4.79 Å². The third-order valence-corrected chi connectivity index (χ3v) is 2.48. The molecule has 0 aliphatic carbocycles. The summed E-state index contributed by atoms with van der Waals surface area (Å²) in [6.07, 6.45) is 2.94. The summed E-state index contributed by atoms with van der Waals surface area (Å²) in [5.41, 5.74) is -0.288. The standard InChI is InChI=1S/C12H20N4O2/c1-3-5-9-16(8-4-2)12(18)13-10-6-7-11(17)15-14-10/h6-7H,3-5,8-9H2,1-2H3,(H,15,17)(H,13,14,18). The predicted molar refractivity (Wildman–Crippen MR) is 70.6 cm³/mol. The van der Waals surface area contributed by atoms with E-state index in [4.69, 9.17) is 0 Å². The summed E-state index contributed by atoms with van der Waals surface area (Å²) >= 11 is 0. The van der Waals surface area contributed by atoms with Gasteiger partial charge in [-0.2, -0.15) is 5.10 Å². The van der Waals surface area contributed by atoms with Crippen LogP contribution >= 0.6 is 0 Å². The van der Waals surface area contributed by atoms with E-state index in [2.05, 4.69) is 22.4 Å². The molecule has 0 bridgehead atoms. The molecule has 1 aromatic heterocycles. The van der Waals surface area contributed by atoms with E-state index in [-0.39, 0.29) is 11.6 Å². The lowest BCUT2D eigenvalue weighted by molar-refractivity contribution is 0.210. The fraction of sp³-hybridized carbons (Fsp3) is 0.583. The van der Waals surface area contributed by atoms with Gasteiger partial charge in [0.15, 0.2) is 5.82 Å². The van der Waals surface area contributed by atoms with Gasteiger partial charge in [0.05, 0.1) is 0 Å². The maximum Gasteiger partial charge on any atom is 0.323 e. The number of carbonyl (C=O) groups is 1. The van der Waals surface area contributed by atoms with E-state index in [9.17, 15) is 9.59 Å². The van der Waals surface area contributed by atoms with Crippen LogP contribution in [0.1, 0.15) is 33.1 Å². The first kappa shape index (κ1) is 14.2. The topological polar surface area (TPSA) is 78.1 Å². The first-order valence-corrected chi connectivity index (χ1v) is 6.29. The SMILES string of the molecule is CCCCN(CCC)C(=O)Nc1ccc(=O)[nH]n1. The van der Waals surface area contributed by atoms with Crippen LogP contribution in [0.2, 0.25) is 0 Å². The largest absolute Gasteiger partial charge is 0.325 e. The fourth-order valence-corrected chi connectivity index (χ4v) is 1.54. The Morgan fingerprint density at radius 3 is 2.67 bits per heavy atom. The minimum absolute atomic E-state index is 0.176. The number of amides is 2. The highest BCUT2D eigenvalue weighted by atomic mass is 16.2. The van der Waals surface area contributed by atoms with Crippen molar-refractivity contribution in [2.45, 2.75) is 33.1 Å². The van der Waals surface area contributed by atoms with Crippen LogP contribution in [0.5, 0.6) is 0 Å². The molecule has 2 N–H and O–H groups in total. The lowest BCUT2D eigenvalue weighted by Crippen LogP contribution is -2.36. The number of aromatic amines is 1. The quantitative estimate of drug-likeness (QED) is 0.810. The van der Waals surface area contributed by atoms with Gasteiger partial charge >= 0.3 is 6.03 Å². The van der Waals surface area contributed by atoms with Crippen LogP contribution in [0.4, 0.5) is 10.6 Å². The summed E-state index contributed by atoms with van der Waals surface area (Å²) in [6.45, 7) is 5.57. The van der Waals surface area contributed by atoms with Gasteiger partial charge in [-0.05, 0) is 18.9 Å². The monoisotopic (exact) mass is 252 g/mol. The number of nitrogens with one attached hydrogen (secondary N) is 2. The molecule has 1 rings (SSSR count). The van der Waals surface area contributed by atoms with E-state index in [1.54, 1.807) is 4.90 Å². The molecule has 0 spiro atoms. The normalized spacial score (nSPS) is 10.1. The summed E-state index contributed by atoms with van der Waals surface area (Å²) in [4.78, 5) is 24.6. The lowest BCUT2D eigenvalue weighted by Gasteiger charge is -2.21. The molecule has 2 amide bonds. The number of rotatable bonds is 6. The van der Waals surface area contributed by atoms with Gasteiger partial charge in [0, 0.05) is 19.2 Å². The molecular weight excluding hydrogens is 232 g/mol. The molecule has 6 nitrogen and oxygen atoms in total. The minimum atomic E-state index is -0.288. The zero-order chi connectivity index (χ0) is 13.4. The van der Waals surface area contributed by atoms with Gasteiger partial charge < -0.3 is 4.90 Å². The Hall–Kier alpha value is -1.85. The second-order valence-electron chi connectivity index (χ2n) is 4.08. The minimum Gasteiger partial charge on any atom is -0.325 e. The summed E-state index contributed by atoms with van der Waals surface area (Å²) in [7, 11) is 0. The summed E-state index contributed by atoms with van der Waals surface area (Å²) in [6, 6.07) is 2.64. The van der Waals surface area contributed by atoms with E-state index in [1.165, 1.54) is 12.1 Å². The number of urea groups is 1. The third-order valence-electron chi connectivity index (χ3n) is 2.48. The Labute approximate surface area is 106 Å². The van der Waals surface area contributed by atoms with Crippen molar-refractivity contribution in [3.63, 3.8) is 0 Å². The molecule has 6 heteroatoms. The van der Waals surface area contributed by atoms with E-state index in [0.29, 0.717) is 5.82 Å².